The third-order valence-electron chi connectivity index (χ3n) is 7.49. The number of likely N-dealkylation sites (tertiary alicyclic amines) is 1. The number of phosphoric acid groups is 1. The number of piperidine rings is 1. The minimum atomic E-state index is -4.22. The standard InChI is InChI=1S/C20H36NO6P/c1-13(2)16-5-6-20(4)14(3)17-9-21(10-18(20)19(16)17)7-8-26-28(24,25)27-12-15(23)11-22/h13,15-19,22-23H,3,5-12H2,1-2,4H3,(H,24,25). The smallest absolute Gasteiger partial charge is 0.394 e. The van der Waals surface area contributed by atoms with Crippen LogP contribution in [0.25, 0.3) is 0 Å². The van der Waals surface area contributed by atoms with Crippen LogP contribution in [0.4, 0.5) is 0 Å². The van der Waals surface area contributed by atoms with Crippen molar-refractivity contribution in [1.29, 1.82) is 0 Å². The molecule has 2 saturated carbocycles. The van der Waals surface area contributed by atoms with Crippen molar-refractivity contribution in [2.75, 3.05) is 39.5 Å². The van der Waals surface area contributed by atoms with Crippen LogP contribution in [0, 0.1) is 35.0 Å². The van der Waals surface area contributed by atoms with Crippen molar-refractivity contribution in [3.05, 3.63) is 12.2 Å². The van der Waals surface area contributed by atoms with Crippen LogP contribution in [0.2, 0.25) is 0 Å². The van der Waals surface area contributed by atoms with E-state index in [0.717, 1.165) is 19.0 Å². The number of nitrogens with zero attached hydrogens (tertiary/aromatic N) is 1. The van der Waals surface area contributed by atoms with E-state index < -0.39 is 27.1 Å². The monoisotopic (exact) mass is 417 g/mol. The maximum absolute atomic E-state index is 11.9. The van der Waals surface area contributed by atoms with E-state index >= 15 is 0 Å². The molecule has 7 atom stereocenters. The summed E-state index contributed by atoms with van der Waals surface area (Å²) in [7, 11) is -4.22. The molecule has 0 spiro atoms. The Hall–Kier alpha value is -0.270. The van der Waals surface area contributed by atoms with E-state index in [9.17, 15) is 14.6 Å². The molecular formula is C20H36NO6P. The highest BCUT2D eigenvalue weighted by molar-refractivity contribution is 7.47. The second-order valence-corrected chi connectivity index (χ2v) is 10.8. The molecule has 3 fully saturated rings. The van der Waals surface area contributed by atoms with Gasteiger partial charge in [0.05, 0.1) is 19.8 Å². The summed E-state index contributed by atoms with van der Waals surface area (Å²) in [6, 6.07) is 0. The molecule has 3 aliphatic rings. The van der Waals surface area contributed by atoms with Crippen LogP contribution in [0.15, 0.2) is 12.2 Å². The van der Waals surface area contributed by atoms with Crippen LogP contribution in [0.1, 0.15) is 33.6 Å². The summed E-state index contributed by atoms with van der Waals surface area (Å²) in [6.45, 7) is 13.1. The van der Waals surface area contributed by atoms with Crippen LogP contribution >= 0.6 is 7.82 Å². The molecule has 0 radical (unpaired) electrons. The normalized spacial score (nSPS) is 38.6. The molecule has 2 aliphatic carbocycles. The first-order chi connectivity index (χ1) is 13.1. The van der Waals surface area contributed by atoms with E-state index in [0.29, 0.717) is 30.2 Å². The first kappa shape index (κ1) is 22.4. The molecule has 0 aromatic heterocycles. The first-order valence-corrected chi connectivity index (χ1v) is 11.9. The van der Waals surface area contributed by atoms with E-state index in [2.05, 4.69) is 32.3 Å². The van der Waals surface area contributed by atoms with Gasteiger partial charge in [0.2, 0.25) is 0 Å². The lowest BCUT2D eigenvalue weighted by atomic mass is 9.60. The molecule has 162 valence electrons. The summed E-state index contributed by atoms with van der Waals surface area (Å²) in [6.07, 6.45) is 1.31. The molecule has 3 N–H and O–H groups in total. The molecule has 8 heteroatoms. The highest BCUT2D eigenvalue weighted by Gasteiger charge is 2.60. The van der Waals surface area contributed by atoms with E-state index in [1.54, 1.807) is 0 Å². The molecule has 0 aromatic rings. The summed E-state index contributed by atoms with van der Waals surface area (Å²) in [5.74, 6) is 3.24. The fourth-order valence-corrected chi connectivity index (χ4v) is 6.65. The van der Waals surface area contributed by atoms with Crippen LogP contribution in [0.3, 0.4) is 0 Å². The van der Waals surface area contributed by atoms with Crippen LogP contribution in [-0.2, 0) is 13.6 Å². The number of hydrogen-bond donors (Lipinski definition) is 3. The zero-order chi connectivity index (χ0) is 20.7. The molecule has 7 nitrogen and oxygen atoms in total. The number of phosphoric ester groups is 1. The van der Waals surface area contributed by atoms with E-state index in [4.69, 9.17) is 14.2 Å². The Morgan fingerprint density at radius 2 is 2.07 bits per heavy atom. The molecule has 3 rings (SSSR count). The van der Waals surface area contributed by atoms with Gasteiger partial charge in [0, 0.05) is 19.6 Å². The van der Waals surface area contributed by atoms with Crippen LogP contribution in [-0.4, -0.2) is 65.6 Å². The van der Waals surface area contributed by atoms with Gasteiger partial charge in [0.1, 0.15) is 6.10 Å². The second-order valence-electron chi connectivity index (χ2n) is 9.37. The van der Waals surface area contributed by atoms with Gasteiger partial charge in [0.15, 0.2) is 0 Å². The van der Waals surface area contributed by atoms with Crippen LogP contribution < -0.4 is 0 Å². The molecular weight excluding hydrogens is 381 g/mol. The van der Waals surface area contributed by atoms with Gasteiger partial charge in [-0.25, -0.2) is 4.57 Å². The highest BCUT2D eigenvalue weighted by atomic mass is 31.2. The SMILES string of the molecule is C=C1C2CN(CCOP(=O)(O)OCC(O)CO)CC3C2C(C(C)C)CCC13C. The van der Waals surface area contributed by atoms with Gasteiger partial charge in [0.25, 0.3) is 0 Å². The van der Waals surface area contributed by atoms with Crippen molar-refractivity contribution in [3.63, 3.8) is 0 Å². The topological polar surface area (TPSA) is 99.5 Å². The van der Waals surface area contributed by atoms with E-state index in [-0.39, 0.29) is 12.0 Å². The first-order valence-electron chi connectivity index (χ1n) is 10.4. The Morgan fingerprint density at radius 1 is 1.36 bits per heavy atom. The quantitative estimate of drug-likeness (QED) is 0.391. The average Bonchev–Trinajstić information content (AvgIpc) is 2.74. The highest BCUT2D eigenvalue weighted by Crippen LogP contribution is 2.65. The summed E-state index contributed by atoms with van der Waals surface area (Å²) >= 11 is 0. The molecule has 1 saturated heterocycles. The van der Waals surface area contributed by atoms with Crippen molar-refractivity contribution >= 4 is 7.82 Å². The molecule has 1 heterocycles. The Bertz CT molecular complexity index is 628. The Kier molecular flexibility index (Phi) is 6.77. The molecule has 0 amide bonds. The molecule has 28 heavy (non-hydrogen) atoms. The number of aliphatic hydroxyl groups is 2. The summed E-state index contributed by atoms with van der Waals surface area (Å²) in [5, 5.41) is 18.0. The second kappa shape index (κ2) is 8.46. The number of rotatable bonds is 9. The Balaban J connectivity index is 1.55. The minimum Gasteiger partial charge on any atom is -0.394 e. The van der Waals surface area contributed by atoms with Crippen molar-refractivity contribution in [3.8, 4) is 0 Å². The summed E-state index contributed by atoms with van der Waals surface area (Å²) < 4.78 is 21.6. The van der Waals surface area contributed by atoms with Gasteiger partial charge < -0.3 is 20.0 Å². The van der Waals surface area contributed by atoms with Gasteiger partial charge in [-0.2, -0.15) is 0 Å². The van der Waals surface area contributed by atoms with Gasteiger partial charge in [-0.05, 0) is 47.8 Å². The van der Waals surface area contributed by atoms with Crippen molar-refractivity contribution in [1.82, 2.24) is 4.90 Å². The summed E-state index contributed by atoms with van der Waals surface area (Å²) in [4.78, 5) is 12.0. The lowest BCUT2D eigenvalue weighted by Gasteiger charge is -2.49. The lowest BCUT2D eigenvalue weighted by molar-refractivity contribution is -0.0125. The number of hydrogen-bond acceptors (Lipinski definition) is 6. The molecule has 7 unspecified atom stereocenters. The van der Waals surface area contributed by atoms with Crippen LogP contribution in [0.5, 0.6) is 0 Å². The summed E-state index contributed by atoms with van der Waals surface area (Å²) in [5.41, 5.74) is 1.62. The predicted octanol–water partition coefficient (Wildman–Crippen LogP) is 2.28. The average molecular weight is 417 g/mol. The van der Waals surface area contributed by atoms with Gasteiger partial charge in [-0.1, -0.05) is 32.9 Å². The van der Waals surface area contributed by atoms with Crippen molar-refractivity contribution in [2.24, 2.45) is 35.0 Å². The fourth-order valence-electron chi connectivity index (χ4n) is 5.90. The Labute approximate surface area is 168 Å². The Morgan fingerprint density at radius 3 is 2.71 bits per heavy atom. The molecule has 0 aromatic carbocycles. The zero-order valence-electron chi connectivity index (χ0n) is 17.3. The molecule has 1 aliphatic heterocycles. The largest absolute Gasteiger partial charge is 0.472 e. The lowest BCUT2D eigenvalue weighted by Crippen LogP contribution is -2.50. The maximum atomic E-state index is 11.9. The fraction of sp³-hybridized carbons (Fsp3) is 0.900. The third kappa shape index (κ3) is 4.27. The van der Waals surface area contributed by atoms with Crippen molar-refractivity contribution in [2.45, 2.75) is 39.7 Å². The third-order valence-corrected chi connectivity index (χ3v) is 8.47. The van der Waals surface area contributed by atoms with Gasteiger partial charge >= 0.3 is 7.82 Å². The van der Waals surface area contributed by atoms with E-state index in [1.807, 2.05) is 0 Å². The minimum absolute atomic E-state index is 0.0872. The molecule has 4 bridgehead atoms. The number of aliphatic hydroxyl groups excluding tert-OH is 2. The van der Waals surface area contributed by atoms with E-state index in [1.165, 1.54) is 18.4 Å². The maximum Gasteiger partial charge on any atom is 0.472 e. The van der Waals surface area contributed by atoms with Gasteiger partial charge in [-0.15, -0.1) is 0 Å². The van der Waals surface area contributed by atoms with Gasteiger partial charge in [-0.3, -0.25) is 9.05 Å². The predicted molar refractivity (Wildman–Crippen MR) is 107 cm³/mol. The van der Waals surface area contributed by atoms with Crippen molar-refractivity contribution < 1.29 is 28.7 Å². The zero-order valence-corrected chi connectivity index (χ0v) is 18.2.